The van der Waals surface area contributed by atoms with E-state index in [4.69, 9.17) is 17.3 Å². The summed E-state index contributed by atoms with van der Waals surface area (Å²) in [7, 11) is 0. The van der Waals surface area contributed by atoms with Gasteiger partial charge in [0, 0.05) is 23.2 Å². The Labute approximate surface area is 97.9 Å². The molecule has 0 aliphatic rings. The van der Waals surface area contributed by atoms with Crippen molar-refractivity contribution in [2.75, 3.05) is 5.73 Å². The lowest BCUT2D eigenvalue weighted by Gasteiger charge is -2.07. The van der Waals surface area contributed by atoms with E-state index in [1.807, 2.05) is 0 Å². The van der Waals surface area contributed by atoms with Crippen LogP contribution in [0, 0.1) is 5.82 Å². The highest BCUT2D eigenvalue weighted by Gasteiger charge is 2.09. The summed E-state index contributed by atoms with van der Waals surface area (Å²) in [5.41, 5.74) is 7.57. The fourth-order valence-corrected chi connectivity index (χ4v) is 1.72. The van der Waals surface area contributed by atoms with E-state index in [1.165, 1.54) is 6.07 Å². The number of halogens is 2. The van der Waals surface area contributed by atoms with Crippen molar-refractivity contribution in [1.82, 2.24) is 4.98 Å². The van der Waals surface area contributed by atoms with Gasteiger partial charge in [0.25, 0.3) is 0 Å². The van der Waals surface area contributed by atoms with Crippen molar-refractivity contribution >= 4 is 17.3 Å². The quantitative estimate of drug-likeness (QED) is 0.871. The fourth-order valence-electron chi connectivity index (χ4n) is 1.49. The number of nitrogens with two attached hydrogens (primary N) is 1. The van der Waals surface area contributed by atoms with Gasteiger partial charge in [0.15, 0.2) is 0 Å². The van der Waals surface area contributed by atoms with Gasteiger partial charge in [0.1, 0.15) is 5.82 Å². The molecule has 2 N–H and O–H groups in total. The third-order valence-corrected chi connectivity index (χ3v) is 2.73. The monoisotopic (exact) mass is 236 g/mol. The Bertz CT molecular complexity index is 494. The molecule has 0 bridgehead atoms. The molecule has 0 aliphatic carbocycles. The van der Waals surface area contributed by atoms with Crippen LogP contribution < -0.4 is 5.73 Å². The Morgan fingerprint density at radius 3 is 2.81 bits per heavy atom. The minimum absolute atomic E-state index is 0.316. The Balaban J connectivity index is 2.38. The number of anilines is 1. The number of benzene rings is 1. The molecule has 82 valence electrons. The average molecular weight is 237 g/mol. The smallest absolute Gasteiger partial charge is 0.128 e. The summed E-state index contributed by atoms with van der Waals surface area (Å²) in [5, 5.41) is 0.413. The van der Waals surface area contributed by atoms with Crippen LogP contribution in [0.25, 0.3) is 0 Å². The van der Waals surface area contributed by atoms with Crippen LogP contribution in [0.5, 0.6) is 0 Å². The SMILES string of the molecule is Nc1cnccc1Cc1c(F)cccc1Cl. The molecule has 0 amide bonds. The molecule has 2 rings (SSSR count). The van der Waals surface area contributed by atoms with E-state index >= 15 is 0 Å². The van der Waals surface area contributed by atoms with Crippen LogP contribution in [0.4, 0.5) is 10.1 Å². The van der Waals surface area contributed by atoms with Crippen LogP contribution in [0.3, 0.4) is 0 Å². The summed E-state index contributed by atoms with van der Waals surface area (Å²) < 4.78 is 13.5. The number of aromatic nitrogens is 1. The number of rotatable bonds is 2. The fraction of sp³-hybridized carbons (Fsp3) is 0.0833. The molecule has 1 aromatic carbocycles. The van der Waals surface area contributed by atoms with Crippen molar-refractivity contribution in [2.45, 2.75) is 6.42 Å². The summed E-state index contributed by atoms with van der Waals surface area (Å²) in [5.74, 6) is -0.316. The van der Waals surface area contributed by atoms with Crippen LogP contribution in [0.1, 0.15) is 11.1 Å². The van der Waals surface area contributed by atoms with Gasteiger partial charge in [-0.05, 0) is 23.8 Å². The highest BCUT2D eigenvalue weighted by molar-refractivity contribution is 6.31. The first kappa shape index (κ1) is 10.9. The van der Waals surface area contributed by atoms with Crippen molar-refractivity contribution in [1.29, 1.82) is 0 Å². The molecule has 0 spiro atoms. The summed E-state index contributed by atoms with van der Waals surface area (Å²) in [4.78, 5) is 3.88. The van der Waals surface area contributed by atoms with Crippen LogP contribution in [-0.2, 0) is 6.42 Å². The maximum atomic E-state index is 13.5. The largest absolute Gasteiger partial charge is 0.397 e. The second kappa shape index (κ2) is 4.49. The number of nitrogen functional groups attached to an aromatic ring is 1. The summed E-state index contributed by atoms with van der Waals surface area (Å²) >= 11 is 5.94. The van der Waals surface area contributed by atoms with Gasteiger partial charge < -0.3 is 5.73 Å². The van der Waals surface area contributed by atoms with Gasteiger partial charge in [-0.3, -0.25) is 4.98 Å². The van der Waals surface area contributed by atoms with Gasteiger partial charge in [-0.2, -0.15) is 0 Å². The van der Waals surface area contributed by atoms with Gasteiger partial charge in [-0.15, -0.1) is 0 Å². The molecule has 2 nitrogen and oxygen atoms in total. The maximum absolute atomic E-state index is 13.5. The first-order valence-electron chi connectivity index (χ1n) is 4.79. The molecule has 0 aliphatic heterocycles. The molecular weight excluding hydrogens is 227 g/mol. The minimum Gasteiger partial charge on any atom is -0.397 e. The van der Waals surface area contributed by atoms with E-state index < -0.39 is 0 Å². The zero-order chi connectivity index (χ0) is 11.5. The van der Waals surface area contributed by atoms with E-state index in [-0.39, 0.29) is 5.82 Å². The highest BCUT2D eigenvalue weighted by Crippen LogP contribution is 2.23. The summed E-state index contributed by atoms with van der Waals surface area (Å²) in [6.45, 7) is 0. The molecule has 0 atom stereocenters. The third kappa shape index (κ3) is 2.14. The molecular formula is C12H10ClFN2. The van der Waals surface area contributed by atoms with Gasteiger partial charge in [0.2, 0.25) is 0 Å². The first-order chi connectivity index (χ1) is 7.68. The zero-order valence-electron chi connectivity index (χ0n) is 8.45. The van der Waals surface area contributed by atoms with Crippen molar-refractivity contribution in [2.24, 2.45) is 0 Å². The van der Waals surface area contributed by atoms with E-state index in [1.54, 1.807) is 30.6 Å². The summed E-state index contributed by atoms with van der Waals surface area (Å²) in [6, 6.07) is 6.39. The van der Waals surface area contributed by atoms with Crippen LogP contribution in [-0.4, -0.2) is 4.98 Å². The number of pyridine rings is 1. The molecule has 0 saturated heterocycles. The van der Waals surface area contributed by atoms with Crippen molar-refractivity contribution in [3.8, 4) is 0 Å². The first-order valence-corrected chi connectivity index (χ1v) is 5.17. The van der Waals surface area contributed by atoms with E-state index in [9.17, 15) is 4.39 Å². The topological polar surface area (TPSA) is 38.9 Å². The molecule has 0 saturated carbocycles. The van der Waals surface area contributed by atoms with Crippen molar-refractivity contribution in [3.63, 3.8) is 0 Å². The second-order valence-corrected chi connectivity index (χ2v) is 3.86. The van der Waals surface area contributed by atoms with Gasteiger partial charge in [-0.25, -0.2) is 4.39 Å². The predicted octanol–water partition coefficient (Wildman–Crippen LogP) is 3.05. The van der Waals surface area contributed by atoms with Gasteiger partial charge in [-0.1, -0.05) is 17.7 Å². The molecule has 0 unspecified atom stereocenters. The Hall–Kier alpha value is -1.61. The van der Waals surface area contributed by atoms with Crippen LogP contribution >= 0.6 is 11.6 Å². The molecule has 2 aromatic rings. The number of hydrogen-bond donors (Lipinski definition) is 1. The van der Waals surface area contributed by atoms with Gasteiger partial charge >= 0.3 is 0 Å². The Morgan fingerprint density at radius 2 is 2.12 bits per heavy atom. The maximum Gasteiger partial charge on any atom is 0.128 e. The molecule has 0 radical (unpaired) electrons. The van der Waals surface area contributed by atoms with E-state index in [0.29, 0.717) is 22.7 Å². The molecule has 1 heterocycles. The number of nitrogens with zero attached hydrogens (tertiary/aromatic N) is 1. The molecule has 4 heteroatoms. The highest BCUT2D eigenvalue weighted by atomic mass is 35.5. The normalized spacial score (nSPS) is 10.4. The summed E-state index contributed by atoms with van der Waals surface area (Å²) in [6.07, 6.45) is 3.55. The number of hydrogen-bond acceptors (Lipinski definition) is 2. The average Bonchev–Trinajstić information content (AvgIpc) is 2.26. The molecule has 16 heavy (non-hydrogen) atoms. The van der Waals surface area contributed by atoms with Crippen LogP contribution in [0.2, 0.25) is 5.02 Å². The lowest BCUT2D eigenvalue weighted by atomic mass is 10.0. The van der Waals surface area contributed by atoms with E-state index in [0.717, 1.165) is 5.56 Å². The third-order valence-electron chi connectivity index (χ3n) is 2.38. The second-order valence-electron chi connectivity index (χ2n) is 3.45. The molecule has 0 fully saturated rings. The minimum atomic E-state index is -0.316. The van der Waals surface area contributed by atoms with Crippen molar-refractivity contribution in [3.05, 3.63) is 58.6 Å². The Kier molecular flexibility index (Phi) is 3.06. The zero-order valence-corrected chi connectivity index (χ0v) is 9.21. The van der Waals surface area contributed by atoms with E-state index in [2.05, 4.69) is 4.98 Å². The molecule has 1 aromatic heterocycles. The van der Waals surface area contributed by atoms with Crippen molar-refractivity contribution < 1.29 is 4.39 Å². The Morgan fingerprint density at radius 1 is 1.31 bits per heavy atom. The standard InChI is InChI=1S/C12H10ClFN2/c13-10-2-1-3-11(14)9(10)6-8-4-5-16-7-12(8)15/h1-5,7H,6,15H2. The van der Waals surface area contributed by atoms with Crippen LogP contribution in [0.15, 0.2) is 36.7 Å². The predicted molar refractivity (Wildman–Crippen MR) is 62.9 cm³/mol. The lowest BCUT2D eigenvalue weighted by molar-refractivity contribution is 0.614. The van der Waals surface area contributed by atoms with Gasteiger partial charge in [0.05, 0.1) is 11.9 Å². The lowest BCUT2D eigenvalue weighted by Crippen LogP contribution is -1.99.